The molecule has 1 atom stereocenters. The predicted octanol–water partition coefficient (Wildman–Crippen LogP) is 6.36. The van der Waals surface area contributed by atoms with Gasteiger partial charge in [-0.25, -0.2) is 0 Å². The third-order valence-corrected chi connectivity index (χ3v) is 7.07. The molecular weight excluding hydrogens is 318 g/mol. The lowest BCUT2D eigenvalue weighted by molar-refractivity contribution is -0.353. The molecule has 4 bridgehead atoms. The summed E-state index contributed by atoms with van der Waals surface area (Å²) < 4.78 is 79.7. The maximum Gasteiger partial charge on any atom is 0.403 e. The number of hydrogen-bond donors (Lipinski definition) is 0. The molecule has 0 aromatic carbocycles. The number of halogens is 6. The zero-order valence-electron chi connectivity index (χ0n) is 13.5. The first-order valence-electron chi connectivity index (χ1n) is 8.50. The van der Waals surface area contributed by atoms with Gasteiger partial charge in [0.25, 0.3) is 0 Å². The van der Waals surface area contributed by atoms with Crippen molar-refractivity contribution in [2.24, 2.45) is 34.5 Å². The van der Waals surface area contributed by atoms with E-state index >= 15 is 0 Å². The van der Waals surface area contributed by atoms with Crippen molar-refractivity contribution in [1.82, 2.24) is 0 Å². The van der Waals surface area contributed by atoms with Gasteiger partial charge in [0.2, 0.25) is 0 Å². The summed E-state index contributed by atoms with van der Waals surface area (Å²) in [5.41, 5.74) is -3.91. The van der Waals surface area contributed by atoms with E-state index in [0.717, 1.165) is 45.4 Å². The maximum absolute atomic E-state index is 13.3. The fourth-order valence-corrected chi connectivity index (χ4v) is 6.11. The predicted molar refractivity (Wildman–Crippen MR) is 74.6 cm³/mol. The molecule has 4 saturated carbocycles. The molecule has 0 aromatic heterocycles. The Morgan fingerprint density at radius 2 is 1.17 bits per heavy atom. The molecule has 134 valence electrons. The Morgan fingerprint density at radius 3 is 1.48 bits per heavy atom. The summed E-state index contributed by atoms with van der Waals surface area (Å²) in [6.45, 7) is 1.50. The van der Waals surface area contributed by atoms with E-state index in [4.69, 9.17) is 0 Å². The van der Waals surface area contributed by atoms with Crippen molar-refractivity contribution in [2.45, 2.75) is 71.1 Å². The fraction of sp³-hybridized carbons (Fsp3) is 1.00. The molecule has 0 aliphatic heterocycles. The van der Waals surface area contributed by atoms with Gasteiger partial charge in [0, 0.05) is 0 Å². The molecule has 0 amide bonds. The van der Waals surface area contributed by atoms with Crippen LogP contribution in [0.1, 0.15) is 58.8 Å². The van der Waals surface area contributed by atoms with Gasteiger partial charge in [-0.1, -0.05) is 6.92 Å². The summed E-state index contributed by atoms with van der Waals surface area (Å²) in [6, 6.07) is 0. The zero-order valence-corrected chi connectivity index (χ0v) is 13.5. The first-order valence-corrected chi connectivity index (χ1v) is 8.50. The van der Waals surface area contributed by atoms with Crippen molar-refractivity contribution in [3.05, 3.63) is 0 Å². The number of alkyl halides is 6. The highest BCUT2D eigenvalue weighted by atomic mass is 19.4. The van der Waals surface area contributed by atoms with Crippen LogP contribution in [0.15, 0.2) is 0 Å². The van der Waals surface area contributed by atoms with E-state index < -0.39 is 23.7 Å². The second-order valence-electron chi connectivity index (χ2n) is 8.72. The number of rotatable bonds is 3. The van der Waals surface area contributed by atoms with Gasteiger partial charge in [-0.3, -0.25) is 0 Å². The molecule has 4 aliphatic carbocycles. The standard InChI is InChI=1S/C17H24F6/c1-10(14(2,16(18,19)20)17(21,22)23)6-15-7-11-3-12(8-15)5-13(4-11)9-15/h10-13H,3-9H2,1-2H3/t10-,11?,12?,13?,15?/m0/s1. The van der Waals surface area contributed by atoms with Crippen LogP contribution < -0.4 is 0 Å². The van der Waals surface area contributed by atoms with Crippen LogP contribution >= 0.6 is 0 Å². The molecule has 0 unspecified atom stereocenters. The van der Waals surface area contributed by atoms with Crippen LogP contribution in [0, 0.1) is 34.5 Å². The molecule has 0 nitrogen and oxygen atoms in total. The smallest absolute Gasteiger partial charge is 0.170 e. The maximum atomic E-state index is 13.3. The molecule has 0 radical (unpaired) electrons. The Bertz CT molecular complexity index is 411. The summed E-state index contributed by atoms with van der Waals surface area (Å²) in [5, 5.41) is 0. The second-order valence-corrected chi connectivity index (χ2v) is 8.72. The SMILES string of the molecule is C[C@@H](CC12CC3CC(CC(C3)C1)C2)C(C)(C(F)(F)F)C(F)(F)F. The molecule has 0 saturated heterocycles. The minimum atomic E-state index is -5.27. The zero-order chi connectivity index (χ0) is 17.3. The average Bonchev–Trinajstić information content (AvgIpc) is 2.32. The minimum Gasteiger partial charge on any atom is -0.170 e. The van der Waals surface area contributed by atoms with Gasteiger partial charge in [0.05, 0.1) is 0 Å². The van der Waals surface area contributed by atoms with Crippen LogP contribution in [-0.2, 0) is 0 Å². The largest absolute Gasteiger partial charge is 0.403 e. The van der Waals surface area contributed by atoms with E-state index in [1.807, 2.05) is 0 Å². The molecule has 4 fully saturated rings. The van der Waals surface area contributed by atoms with Crippen LogP contribution in [0.4, 0.5) is 26.3 Å². The van der Waals surface area contributed by atoms with Crippen LogP contribution in [0.3, 0.4) is 0 Å². The van der Waals surface area contributed by atoms with Crippen molar-refractivity contribution in [1.29, 1.82) is 0 Å². The molecular formula is C17H24F6. The van der Waals surface area contributed by atoms with Gasteiger partial charge in [0.15, 0.2) is 5.41 Å². The highest BCUT2D eigenvalue weighted by molar-refractivity contribution is 5.04. The fourth-order valence-electron chi connectivity index (χ4n) is 6.11. The number of hydrogen-bond acceptors (Lipinski definition) is 0. The third-order valence-electron chi connectivity index (χ3n) is 7.07. The van der Waals surface area contributed by atoms with Gasteiger partial charge >= 0.3 is 12.4 Å². The van der Waals surface area contributed by atoms with Crippen LogP contribution in [0.5, 0.6) is 0 Å². The monoisotopic (exact) mass is 342 g/mol. The van der Waals surface area contributed by atoms with Crippen molar-refractivity contribution < 1.29 is 26.3 Å². The average molecular weight is 342 g/mol. The quantitative estimate of drug-likeness (QED) is 0.524. The lowest BCUT2D eigenvalue weighted by Gasteiger charge is -2.58. The van der Waals surface area contributed by atoms with E-state index in [1.54, 1.807) is 0 Å². The molecule has 0 N–H and O–H groups in total. The second kappa shape index (κ2) is 5.04. The molecule has 4 rings (SSSR count). The van der Waals surface area contributed by atoms with Crippen molar-refractivity contribution in [3.8, 4) is 0 Å². The van der Waals surface area contributed by atoms with Gasteiger partial charge in [-0.15, -0.1) is 0 Å². The molecule has 0 heterocycles. The first kappa shape index (κ1) is 17.4. The van der Waals surface area contributed by atoms with E-state index in [2.05, 4.69) is 0 Å². The summed E-state index contributed by atoms with van der Waals surface area (Å²) >= 11 is 0. The van der Waals surface area contributed by atoms with Gasteiger partial charge in [-0.2, -0.15) is 26.3 Å². The summed E-state index contributed by atoms with van der Waals surface area (Å²) in [5.74, 6) is 0.128. The highest BCUT2D eigenvalue weighted by Crippen LogP contribution is 2.65. The van der Waals surface area contributed by atoms with Crippen LogP contribution in [0.2, 0.25) is 0 Å². The Morgan fingerprint density at radius 1 is 0.826 bits per heavy atom. The normalized spacial score (nSPS) is 38.9. The van der Waals surface area contributed by atoms with Gasteiger partial charge in [0.1, 0.15) is 0 Å². The van der Waals surface area contributed by atoms with Gasteiger partial charge in [-0.05, 0) is 81.0 Å². The van der Waals surface area contributed by atoms with Crippen molar-refractivity contribution in [2.75, 3.05) is 0 Å². The Hall–Kier alpha value is -0.420. The summed E-state index contributed by atoms with van der Waals surface area (Å²) in [6.07, 6.45) is -4.62. The first-order chi connectivity index (χ1) is 10.4. The lowest BCUT2D eigenvalue weighted by atomic mass is 9.47. The van der Waals surface area contributed by atoms with Gasteiger partial charge < -0.3 is 0 Å². The van der Waals surface area contributed by atoms with Crippen LogP contribution in [0.25, 0.3) is 0 Å². The topological polar surface area (TPSA) is 0 Å². The minimum absolute atomic E-state index is 0.0476. The molecule has 0 spiro atoms. The van der Waals surface area contributed by atoms with Crippen molar-refractivity contribution >= 4 is 0 Å². The lowest BCUT2D eigenvalue weighted by Crippen LogP contribution is -2.54. The van der Waals surface area contributed by atoms with E-state index in [9.17, 15) is 26.3 Å². The third kappa shape index (κ3) is 2.68. The summed E-state index contributed by atoms with van der Waals surface area (Å²) in [4.78, 5) is 0. The Kier molecular flexibility index (Phi) is 3.81. The van der Waals surface area contributed by atoms with Crippen molar-refractivity contribution in [3.63, 3.8) is 0 Å². The van der Waals surface area contributed by atoms with E-state index in [-0.39, 0.29) is 11.8 Å². The summed E-state index contributed by atoms with van der Waals surface area (Å²) in [7, 11) is 0. The molecule has 6 heteroatoms. The Labute approximate surface area is 133 Å². The van der Waals surface area contributed by atoms with E-state index in [0.29, 0.717) is 24.7 Å². The molecule has 4 aliphatic rings. The van der Waals surface area contributed by atoms with E-state index in [1.165, 1.54) is 0 Å². The Balaban J connectivity index is 1.84. The molecule has 0 aromatic rings. The van der Waals surface area contributed by atoms with Crippen LogP contribution in [-0.4, -0.2) is 12.4 Å². The highest BCUT2D eigenvalue weighted by Gasteiger charge is 2.70. The molecule has 23 heavy (non-hydrogen) atoms.